The number of carbonyl (C=O) groups is 1. The molecule has 1 saturated heterocycles. The van der Waals surface area contributed by atoms with Gasteiger partial charge in [-0.2, -0.15) is 5.26 Å². The molecule has 0 aromatic heterocycles. The summed E-state index contributed by atoms with van der Waals surface area (Å²) in [6.45, 7) is 9.54. The van der Waals surface area contributed by atoms with E-state index in [1.54, 1.807) is 0 Å². The van der Waals surface area contributed by atoms with Crippen LogP contribution in [0.2, 0.25) is 0 Å². The third-order valence-electron chi connectivity index (χ3n) is 8.95. The van der Waals surface area contributed by atoms with Gasteiger partial charge in [-0.3, -0.25) is 4.79 Å². The monoisotopic (exact) mass is 328 g/mol. The zero-order chi connectivity index (χ0) is 17.3. The third kappa shape index (κ3) is 1.92. The van der Waals surface area contributed by atoms with Crippen LogP contribution >= 0.6 is 0 Å². The summed E-state index contributed by atoms with van der Waals surface area (Å²) in [4.78, 5) is 12.1. The topological polar surface area (TPSA) is 52.9 Å². The number of rotatable bonds is 0. The van der Waals surface area contributed by atoms with Crippen molar-refractivity contribution in [3.63, 3.8) is 0 Å². The molecule has 0 radical (unpaired) electrons. The number of nitrogens with one attached hydrogen (secondary N) is 1. The highest BCUT2D eigenvalue weighted by Crippen LogP contribution is 2.69. The van der Waals surface area contributed by atoms with Crippen molar-refractivity contribution in [2.24, 2.45) is 39.9 Å². The maximum Gasteiger partial charge on any atom is 0.220 e. The number of amides is 1. The van der Waals surface area contributed by atoms with Crippen molar-refractivity contribution in [1.29, 1.82) is 5.26 Å². The maximum absolute atomic E-state index is 12.1. The van der Waals surface area contributed by atoms with Crippen molar-refractivity contribution >= 4 is 5.91 Å². The van der Waals surface area contributed by atoms with Gasteiger partial charge in [0.2, 0.25) is 5.91 Å². The zero-order valence-electron chi connectivity index (χ0n) is 15.7. The quantitative estimate of drug-likeness (QED) is 0.721. The van der Waals surface area contributed by atoms with Gasteiger partial charge in [0.25, 0.3) is 0 Å². The van der Waals surface area contributed by atoms with Gasteiger partial charge in [-0.15, -0.1) is 0 Å². The van der Waals surface area contributed by atoms with Crippen LogP contribution in [0.25, 0.3) is 0 Å². The first-order valence-corrected chi connectivity index (χ1v) is 9.93. The molecule has 3 aliphatic carbocycles. The molecule has 0 spiro atoms. The van der Waals surface area contributed by atoms with E-state index in [2.05, 4.69) is 39.1 Å². The Bertz CT molecular complexity index is 605. The van der Waals surface area contributed by atoms with Crippen molar-refractivity contribution in [3.8, 4) is 6.07 Å². The number of fused-ring (bicyclic) bond motifs is 5. The van der Waals surface area contributed by atoms with E-state index in [1.165, 1.54) is 32.1 Å². The molecular formula is C21H32N2O. The van der Waals surface area contributed by atoms with Gasteiger partial charge in [0.15, 0.2) is 0 Å². The molecule has 4 rings (SSSR count). The van der Waals surface area contributed by atoms with Gasteiger partial charge in [-0.25, -0.2) is 0 Å². The number of hydrogen-bond donors (Lipinski definition) is 1. The van der Waals surface area contributed by atoms with E-state index in [1.807, 2.05) is 0 Å². The van der Waals surface area contributed by atoms with Crippen molar-refractivity contribution in [1.82, 2.24) is 5.32 Å². The number of piperidine rings is 1. The van der Waals surface area contributed by atoms with Crippen LogP contribution in [0.15, 0.2) is 0 Å². The van der Waals surface area contributed by atoms with Crippen LogP contribution in [-0.2, 0) is 4.79 Å². The second-order valence-electron chi connectivity index (χ2n) is 10.3. The normalized spacial score (nSPS) is 52.5. The molecule has 7 atom stereocenters. The van der Waals surface area contributed by atoms with E-state index in [9.17, 15) is 10.1 Å². The summed E-state index contributed by atoms with van der Waals surface area (Å²) < 4.78 is 0. The minimum Gasteiger partial charge on any atom is -0.351 e. The molecule has 1 N–H and O–H groups in total. The molecule has 4 fully saturated rings. The van der Waals surface area contributed by atoms with Gasteiger partial charge in [0.05, 0.1) is 18.0 Å². The van der Waals surface area contributed by atoms with E-state index in [0.717, 1.165) is 12.3 Å². The van der Waals surface area contributed by atoms with Crippen molar-refractivity contribution < 1.29 is 4.79 Å². The second-order valence-corrected chi connectivity index (χ2v) is 10.3. The molecule has 3 saturated carbocycles. The average molecular weight is 329 g/mol. The smallest absolute Gasteiger partial charge is 0.220 e. The SMILES string of the molecule is CC1(C)C(C#N)C2NC(=O)CC[C@]2(C)[C@@H]2CC[C@]3(C)CCC[C@H]3[C@@H]21. The molecule has 2 unspecified atom stereocenters. The molecule has 0 aromatic rings. The van der Waals surface area contributed by atoms with Crippen molar-refractivity contribution in [3.05, 3.63) is 0 Å². The van der Waals surface area contributed by atoms with Crippen molar-refractivity contribution in [2.45, 2.75) is 78.7 Å². The maximum atomic E-state index is 12.1. The lowest BCUT2D eigenvalue weighted by Crippen LogP contribution is -2.69. The van der Waals surface area contributed by atoms with Gasteiger partial charge in [0.1, 0.15) is 0 Å². The Hall–Kier alpha value is -1.04. The lowest BCUT2D eigenvalue weighted by molar-refractivity contribution is -0.170. The summed E-state index contributed by atoms with van der Waals surface area (Å²) in [7, 11) is 0. The predicted molar refractivity (Wildman–Crippen MR) is 93.8 cm³/mol. The molecule has 132 valence electrons. The summed E-state index contributed by atoms with van der Waals surface area (Å²) >= 11 is 0. The summed E-state index contributed by atoms with van der Waals surface area (Å²) in [5.74, 6) is 2.11. The summed E-state index contributed by atoms with van der Waals surface area (Å²) in [6.07, 6.45) is 8.27. The Labute approximate surface area is 146 Å². The van der Waals surface area contributed by atoms with Crippen LogP contribution in [0.3, 0.4) is 0 Å². The van der Waals surface area contributed by atoms with Gasteiger partial charge in [0, 0.05) is 6.42 Å². The minimum absolute atomic E-state index is 0.0229. The molecule has 4 aliphatic rings. The van der Waals surface area contributed by atoms with E-state index < -0.39 is 0 Å². The third-order valence-corrected chi connectivity index (χ3v) is 8.95. The van der Waals surface area contributed by atoms with Crippen LogP contribution in [0, 0.1) is 51.2 Å². The Morgan fingerprint density at radius 1 is 1.08 bits per heavy atom. The fraction of sp³-hybridized carbons (Fsp3) is 0.905. The largest absolute Gasteiger partial charge is 0.351 e. The molecule has 3 heteroatoms. The van der Waals surface area contributed by atoms with Gasteiger partial charge < -0.3 is 5.32 Å². The lowest BCUT2D eigenvalue weighted by atomic mass is 9.39. The Kier molecular flexibility index (Phi) is 3.42. The van der Waals surface area contributed by atoms with Crippen LogP contribution in [0.4, 0.5) is 0 Å². The number of nitriles is 1. The van der Waals surface area contributed by atoms with E-state index in [0.29, 0.717) is 23.7 Å². The molecular weight excluding hydrogens is 296 g/mol. The highest BCUT2D eigenvalue weighted by atomic mass is 16.1. The molecule has 24 heavy (non-hydrogen) atoms. The Morgan fingerprint density at radius 2 is 1.83 bits per heavy atom. The van der Waals surface area contributed by atoms with Crippen LogP contribution in [0.5, 0.6) is 0 Å². The number of carbonyl (C=O) groups excluding carboxylic acids is 1. The average Bonchev–Trinajstić information content (AvgIpc) is 2.91. The summed E-state index contributed by atoms with van der Waals surface area (Å²) in [5, 5.41) is 13.3. The first-order chi connectivity index (χ1) is 11.2. The highest BCUT2D eigenvalue weighted by Gasteiger charge is 2.66. The van der Waals surface area contributed by atoms with E-state index >= 15 is 0 Å². The minimum atomic E-state index is -0.0732. The standard InChI is InChI=1S/C21H32N2O/c1-19(2)15(12-22)18-21(4,11-8-16(24)23-18)14-7-10-20(3)9-5-6-13(20)17(14)19/h13-15,17-18H,5-11H2,1-4H3,(H,23,24)/t13-,14+,15?,17-,18?,20-,21+/m0/s1. The lowest BCUT2D eigenvalue weighted by Gasteiger charge is -2.66. The first kappa shape index (κ1) is 16.4. The Morgan fingerprint density at radius 3 is 2.54 bits per heavy atom. The summed E-state index contributed by atoms with van der Waals surface area (Å²) in [6, 6.07) is 2.68. The zero-order valence-corrected chi connectivity index (χ0v) is 15.7. The Balaban J connectivity index is 1.82. The first-order valence-electron chi connectivity index (χ1n) is 9.93. The molecule has 0 aromatic carbocycles. The van der Waals surface area contributed by atoms with E-state index in [4.69, 9.17) is 0 Å². The molecule has 1 heterocycles. The van der Waals surface area contributed by atoms with Crippen LogP contribution < -0.4 is 5.32 Å². The fourth-order valence-corrected chi connectivity index (χ4v) is 7.61. The molecule has 0 bridgehead atoms. The van der Waals surface area contributed by atoms with Crippen molar-refractivity contribution in [2.75, 3.05) is 0 Å². The van der Waals surface area contributed by atoms with Gasteiger partial charge >= 0.3 is 0 Å². The van der Waals surface area contributed by atoms with Gasteiger partial charge in [-0.05, 0) is 66.1 Å². The molecule has 3 nitrogen and oxygen atoms in total. The second kappa shape index (κ2) is 4.99. The molecule has 1 aliphatic heterocycles. The van der Waals surface area contributed by atoms with E-state index in [-0.39, 0.29) is 28.7 Å². The van der Waals surface area contributed by atoms with Crippen LogP contribution in [-0.4, -0.2) is 11.9 Å². The molecule has 1 amide bonds. The number of hydrogen-bond acceptors (Lipinski definition) is 2. The predicted octanol–water partition coefficient (Wildman–Crippen LogP) is 4.28. The fourth-order valence-electron chi connectivity index (χ4n) is 7.61. The highest BCUT2D eigenvalue weighted by molar-refractivity contribution is 5.77. The number of nitrogens with zero attached hydrogens (tertiary/aromatic N) is 1. The summed E-state index contributed by atoms with van der Waals surface area (Å²) in [5.41, 5.74) is 0.558. The van der Waals surface area contributed by atoms with Crippen LogP contribution in [0.1, 0.15) is 72.6 Å². The van der Waals surface area contributed by atoms with Gasteiger partial charge in [-0.1, -0.05) is 34.1 Å².